The summed E-state index contributed by atoms with van der Waals surface area (Å²) in [5.41, 5.74) is 2.47. The molecule has 0 heterocycles. The summed E-state index contributed by atoms with van der Waals surface area (Å²) in [5.74, 6) is -2.05. The third-order valence-electron chi connectivity index (χ3n) is 4.22. The average molecular weight is 430 g/mol. The van der Waals surface area contributed by atoms with Crippen molar-refractivity contribution in [1.29, 1.82) is 0 Å². The van der Waals surface area contributed by atoms with Gasteiger partial charge in [-0.25, -0.2) is 9.59 Å². The Hall–Kier alpha value is -3.32. The number of carbonyl (C=O) groups is 2. The number of carboxylic acid groups (broad SMARTS) is 2. The highest BCUT2D eigenvalue weighted by Crippen LogP contribution is 2.28. The number of ether oxygens (including phenoxy) is 2. The van der Waals surface area contributed by atoms with Gasteiger partial charge in [-0.1, -0.05) is 48.6 Å². The van der Waals surface area contributed by atoms with Crippen molar-refractivity contribution < 1.29 is 29.3 Å². The van der Waals surface area contributed by atoms with Crippen molar-refractivity contribution >= 4 is 18.0 Å². The quantitative estimate of drug-likeness (QED) is 0.432. The maximum absolute atomic E-state index is 9.10. The molecule has 0 aliphatic rings. The first-order valence-corrected chi connectivity index (χ1v) is 9.99. The van der Waals surface area contributed by atoms with Gasteiger partial charge in [-0.05, 0) is 56.6 Å². The first-order chi connectivity index (χ1) is 14.9. The second kappa shape index (κ2) is 14.6. The molecule has 2 aromatic rings. The van der Waals surface area contributed by atoms with Crippen LogP contribution in [0.1, 0.15) is 30.9 Å². The number of methoxy groups -OCH3 is 1. The molecular weight excluding hydrogens is 398 g/mol. The first-order valence-electron chi connectivity index (χ1n) is 9.99. The summed E-state index contributed by atoms with van der Waals surface area (Å²) in [6, 6.07) is 16.6. The lowest BCUT2D eigenvalue weighted by atomic mass is 10.2. The molecular formula is C24H31NO6. The van der Waals surface area contributed by atoms with Gasteiger partial charge in [0.1, 0.15) is 0 Å². The topological polar surface area (TPSA) is 96.3 Å². The van der Waals surface area contributed by atoms with Gasteiger partial charge < -0.3 is 24.6 Å². The smallest absolute Gasteiger partial charge is 0.414 e. The van der Waals surface area contributed by atoms with Crippen molar-refractivity contribution in [2.75, 3.05) is 27.3 Å². The van der Waals surface area contributed by atoms with Gasteiger partial charge in [-0.15, -0.1) is 0 Å². The Bertz CT molecular complexity index is 823. The Morgan fingerprint density at radius 2 is 1.68 bits per heavy atom. The number of unbranched alkanes of at least 4 members (excludes halogenated alkanes) is 1. The zero-order valence-corrected chi connectivity index (χ0v) is 18.3. The highest BCUT2D eigenvalue weighted by atomic mass is 16.5. The molecule has 2 N–H and O–H groups in total. The fraction of sp³-hybridized carbons (Fsp3) is 0.333. The lowest BCUT2D eigenvalue weighted by molar-refractivity contribution is -0.159. The van der Waals surface area contributed by atoms with E-state index in [0.29, 0.717) is 6.61 Å². The maximum Gasteiger partial charge on any atom is 0.414 e. The van der Waals surface area contributed by atoms with Gasteiger partial charge in [0.05, 0.1) is 13.7 Å². The zero-order chi connectivity index (χ0) is 23.1. The van der Waals surface area contributed by atoms with E-state index in [4.69, 9.17) is 29.3 Å². The summed E-state index contributed by atoms with van der Waals surface area (Å²) in [6.07, 6.45) is 6.21. The van der Waals surface area contributed by atoms with Crippen LogP contribution in [0.15, 0.2) is 54.6 Å². The van der Waals surface area contributed by atoms with Gasteiger partial charge in [0.2, 0.25) is 0 Å². The van der Waals surface area contributed by atoms with Gasteiger partial charge in [0.15, 0.2) is 11.5 Å². The molecule has 0 bridgehead atoms. The Morgan fingerprint density at radius 1 is 1.00 bits per heavy atom. The lowest BCUT2D eigenvalue weighted by Crippen LogP contribution is -2.19. The second-order valence-corrected chi connectivity index (χ2v) is 6.80. The fourth-order valence-corrected chi connectivity index (χ4v) is 2.74. The summed E-state index contributed by atoms with van der Waals surface area (Å²) in [4.78, 5) is 20.5. The molecule has 2 aromatic carbocycles. The molecule has 0 aromatic heterocycles. The Labute approximate surface area is 183 Å². The Morgan fingerprint density at radius 3 is 2.26 bits per heavy atom. The van der Waals surface area contributed by atoms with E-state index in [1.165, 1.54) is 5.56 Å². The van der Waals surface area contributed by atoms with Crippen LogP contribution in [0.2, 0.25) is 0 Å². The Balaban J connectivity index is 0.000000703. The van der Waals surface area contributed by atoms with Crippen molar-refractivity contribution in [2.45, 2.75) is 26.3 Å². The van der Waals surface area contributed by atoms with Crippen LogP contribution in [0.4, 0.5) is 0 Å². The molecule has 0 aliphatic heterocycles. The van der Waals surface area contributed by atoms with Crippen molar-refractivity contribution in [3.05, 3.63) is 65.7 Å². The van der Waals surface area contributed by atoms with E-state index in [9.17, 15) is 0 Å². The van der Waals surface area contributed by atoms with Gasteiger partial charge in [-0.3, -0.25) is 0 Å². The van der Waals surface area contributed by atoms with Crippen molar-refractivity contribution in [2.24, 2.45) is 0 Å². The van der Waals surface area contributed by atoms with Crippen LogP contribution < -0.4 is 9.47 Å². The second-order valence-electron chi connectivity index (χ2n) is 6.80. The van der Waals surface area contributed by atoms with Crippen LogP contribution >= 0.6 is 0 Å². The molecule has 0 saturated carbocycles. The largest absolute Gasteiger partial charge is 0.493 e. The average Bonchev–Trinajstić information content (AvgIpc) is 2.75. The summed E-state index contributed by atoms with van der Waals surface area (Å²) in [6.45, 7) is 4.77. The van der Waals surface area contributed by atoms with Gasteiger partial charge in [0.25, 0.3) is 0 Å². The van der Waals surface area contributed by atoms with E-state index >= 15 is 0 Å². The minimum absolute atomic E-state index is 0.707. The molecule has 7 nitrogen and oxygen atoms in total. The van der Waals surface area contributed by atoms with Gasteiger partial charge >= 0.3 is 11.9 Å². The number of carboxylic acids is 2. The summed E-state index contributed by atoms with van der Waals surface area (Å²) in [7, 11) is 3.84. The fourth-order valence-electron chi connectivity index (χ4n) is 2.74. The molecule has 0 fully saturated rings. The molecule has 0 atom stereocenters. The van der Waals surface area contributed by atoms with E-state index in [2.05, 4.69) is 48.4 Å². The molecule has 0 unspecified atom stereocenters. The minimum atomic E-state index is -1.82. The molecule has 0 aliphatic carbocycles. The third-order valence-corrected chi connectivity index (χ3v) is 4.22. The van der Waals surface area contributed by atoms with Crippen LogP contribution in [0.5, 0.6) is 11.5 Å². The van der Waals surface area contributed by atoms with Crippen LogP contribution in [-0.2, 0) is 16.1 Å². The summed E-state index contributed by atoms with van der Waals surface area (Å²) < 4.78 is 11.3. The molecule has 31 heavy (non-hydrogen) atoms. The number of aliphatic carboxylic acids is 2. The van der Waals surface area contributed by atoms with Crippen molar-refractivity contribution in [1.82, 2.24) is 4.90 Å². The standard InChI is InChI=1S/C22H29NO2.C2H2O4/c1-4-10-19-13-14-21(22(17-19)24-3)25-16-9-8-15-23(2)18-20-11-6-5-7-12-20;3-1(4)2(5)6/h4-7,10-14,17H,8-9,15-16,18H2,1-3H3;(H,3,4)(H,5,6)/b10-4+;. The van der Waals surface area contributed by atoms with Gasteiger partial charge in [0, 0.05) is 6.54 Å². The predicted molar refractivity (Wildman–Crippen MR) is 120 cm³/mol. The number of hydrogen-bond acceptors (Lipinski definition) is 5. The number of allylic oxidation sites excluding steroid dienone is 1. The SMILES string of the molecule is C/C=C/c1ccc(OCCCCN(C)Cc2ccccc2)c(OC)c1.O=C(O)C(=O)O. The van der Waals surface area contributed by atoms with E-state index < -0.39 is 11.9 Å². The molecule has 7 heteroatoms. The van der Waals surface area contributed by atoms with Crippen molar-refractivity contribution in [3.8, 4) is 11.5 Å². The summed E-state index contributed by atoms with van der Waals surface area (Å²) >= 11 is 0. The van der Waals surface area contributed by atoms with Gasteiger partial charge in [-0.2, -0.15) is 0 Å². The van der Waals surface area contributed by atoms with E-state index in [-0.39, 0.29) is 0 Å². The molecule has 0 amide bonds. The van der Waals surface area contributed by atoms with E-state index in [0.717, 1.165) is 43.0 Å². The van der Waals surface area contributed by atoms with Crippen molar-refractivity contribution in [3.63, 3.8) is 0 Å². The lowest BCUT2D eigenvalue weighted by Gasteiger charge is -2.17. The number of hydrogen-bond donors (Lipinski definition) is 2. The third kappa shape index (κ3) is 10.9. The van der Waals surface area contributed by atoms with Crippen LogP contribution in [0.25, 0.3) is 6.08 Å². The molecule has 2 rings (SSSR count). The monoisotopic (exact) mass is 429 g/mol. The zero-order valence-electron chi connectivity index (χ0n) is 18.3. The molecule has 0 spiro atoms. The maximum atomic E-state index is 9.10. The Kier molecular flexibility index (Phi) is 12.1. The van der Waals surface area contributed by atoms with E-state index in [1.807, 2.05) is 31.2 Å². The van der Waals surface area contributed by atoms with Crippen LogP contribution in [0, 0.1) is 0 Å². The summed E-state index contributed by atoms with van der Waals surface area (Å²) in [5, 5.41) is 14.8. The van der Waals surface area contributed by atoms with Crippen LogP contribution in [0.3, 0.4) is 0 Å². The molecule has 0 radical (unpaired) electrons. The number of rotatable bonds is 10. The van der Waals surface area contributed by atoms with E-state index in [1.54, 1.807) is 7.11 Å². The predicted octanol–water partition coefficient (Wildman–Crippen LogP) is 4.17. The number of nitrogens with zero attached hydrogens (tertiary/aromatic N) is 1. The first kappa shape index (κ1) is 25.7. The van der Waals surface area contributed by atoms with Crippen LogP contribution in [-0.4, -0.2) is 54.4 Å². The molecule has 0 saturated heterocycles. The number of benzene rings is 2. The highest BCUT2D eigenvalue weighted by Gasteiger charge is 2.05. The minimum Gasteiger partial charge on any atom is -0.493 e. The highest BCUT2D eigenvalue weighted by molar-refractivity contribution is 6.27. The normalized spacial score (nSPS) is 10.5. The molecule has 168 valence electrons.